The Hall–Kier alpha value is -4.32. The summed E-state index contributed by atoms with van der Waals surface area (Å²) in [5.74, 6) is -5.13. The molecule has 1 N–H and O–H groups in total. The predicted molar refractivity (Wildman–Crippen MR) is 138 cm³/mol. The van der Waals surface area contributed by atoms with E-state index in [0.717, 1.165) is 5.56 Å². The first-order valence-corrected chi connectivity index (χ1v) is 12.7. The lowest BCUT2D eigenvalue weighted by Crippen LogP contribution is -2.57. The first kappa shape index (κ1) is 27.3. The minimum atomic E-state index is -1.18. The zero-order chi connectivity index (χ0) is 28.4. The van der Waals surface area contributed by atoms with Crippen LogP contribution in [0.3, 0.4) is 0 Å². The van der Waals surface area contributed by atoms with Gasteiger partial charge in [0.15, 0.2) is 11.4 Å². The molecule has 3 heterocycles. The molecule has 1 aromatic heterocycles. The van der Waals surface area contributed by atoms with Gasteiger partial charge in [0.25, 0.3) is 11.8 Å². The third kappa shape index (κ3) is 5.39. The second-order valence-electron chi connectivity index (χ2n) is 9.57. The van der Waals surface area contributed by atoms with Crippen molar-refractivity contribution in [3.8, 4) is 5.75 Å². The van der Waals surface area contributed by atoms with Crippen LogP contribution in [0.1, 0.15) is 44.8 Å². The topological polar surface area (TPSA) is 93.1 Å². The normalized spacial score (nSPS) is 16.7. The molecule has 0 saturated carbocycles. The Bertz CT molecular complexity index is 1470. The number of aromatic nitrogens is 1. The van der Waals surface area contributed by atoms with Gasteiger partial charge in [-0.1, -0.05) is 30.3 Å². The second-order valence-corrected chi connectivity index (χ2v) is 9.57. The Morgan fingerprint density at radius 1 is 1.05 bits per heavy atom. The van der Waals surface area contributed by atoms with Crippen LogP contribution in [0, 0.1) is 17.5 Å². The number of fused-ring (bicyclic) bond motifs is 4. The second kappa shape index (κ2) is 11.4. The maximum Gasteiger partial charge on any atom is 0.277 e. The summed E-state index contributed by atoms with van der Waals surface area (Å²) in [7, 11) is 1.60. The van der Waals surface area contributed by atoms with Crippen molar-refractivity contribution in [2.45, 2.75) is 32.1 Å². The van der Waals surface area contributed by atoms with Crippen molar-refractivity contribution in [1.82, 2.24) is 14.9 Å². The molecule has 0 aliphatic carbocycles. The summed E-state index contributed by atoms with van der Waals surface area (Å²) in [6.07, 6.45) is 2.40. The van der Waals surface area contributed by atoms with Crippen LogP contribution in [0.25, 0.3) is 0 Å². The lowest BCUT2D eigenvalue weighted by Gasteiger charge is -2.42. The number of nitrogens with one attached hydrogen (secondary N) is 1. The molecule has 1 atom stereocenters. The van der Waals surface area contributed by atoms with Crippen molar-refractivity contribution in [3.05, 3.63) is 98.7 Å². The molecule has 0 radical (unpaired) electrons. The van der Waals surface area contributed by atoms with Gasteiger partial charge in [0.05, 0.1) is 6.10 Å². The van der Waals surface area contributed by atoms with E-state index >= 15 is 0 Å². The smallest absolute Gasteiger partial charge is 0.277 e. The SMILES string of the molecule is COC1CCN2CN(CC1)n1cc(C(=O)NCc3c(F)cc(F)cc3F)c(=O)c(OCc3ccccc3)c1C2=O. The Morgan fingerprint density at radius 3 is 2.45 bits per heavy atom. The van der Waals surface area contributed by atoms with Crippen molar-refractivity contribution >= 4 is 11.8 Å². The van der Waals surface area contributed by atoms with Gasteiger partial charge in [-0.2, -0.15) is 0 Å². The van der Waals surface area contributed by atoms with Crippen LogP contribution in [0.5, 0.6) is 5.75 Å². The predicted octanol–water partition coefficient (Wildman–Crippen LogP) is 2.93. The highest BCUT2D eigenvalue weighted by atomic mass is 19.1. The van der Waals surface area contributed by atoms with Gasteiger partial charge in [-0.05, 0) is 18.4 Å². The number of amides is 2. The van der Waals surface area contributed by atoms with Gasteiger partial charge in [-0.25, -0.2) is 13.2 Å². The molecule has 5 rings (SSSR count). The monoisotopic (exact) mass is 556 g/mol. The maximum absolute atomic E-state index is 14.1. The highest BCUT2D eigenvalue weighted by Gasteiger charge is 2.36. The summed E-state index contributed by atoms with van der Waals surface area (Å²) in [5, 5.41) is 4.12. The molecule has 2 aromatic carbocycles. The van der Waals surface area contributed by atoms with Gasteiger partial charge in [-0.15, -0.1) is 0 Å². The van der Waals surface area contributed by atoms with Crippen LogP contribution in [-0.2, 0) is 17.9 Å². The molecule has 0 spiro atoms. The average Bonchev–Trinajstić information content (AvgIpc) is 2.92. The van der Waals surface area contributed by atoms with Crippen LogP contribution in [0.4, 0.5) is 13.2 Å². The van der Waals surface area contributed by atoms with Gasteiger partial charge in [0.1, 0.15) is 36.3 Å². The van der Waals surface area contributed by atoms with E-state index in [1.54, 1.807) is 41.3 Å². The van der Waals surface area contributed by atoms with Crippen LogP contribution in [-0.4, -0.2) is 54.4 Å². The van der Waals surface area contributed by atoms with Crippen molar-refractivity contribution in [2.75, 3.05) is 31.9 Å². The number of methoxy groups -OCH3 is 1. The molecule has 40 heavy (non-hydrogen) atoms. The Kier molecular flexibility index (Phi) is 7.78. The Morgan fingerprint density at radius 2 is 1.75 bits per heavy atom. The number of ether oxygens (including phenoxy) is 2. The van der Waals surface area contributed by atoms with Gasteiger partial charge in [0.2, 0.25) is 5.43 Å². The van der Waals surface area contributed by atoms with Crippen LogP contribution < -0.4 is 20.5 Å². The fourth-order valence-electron chi connectivity index (χ4n) is 4.83. The minimum absolute atomic E-state index is 0.0183. The van der Waals surface area contributed by atoms with E-state index in [-0.39, 0.29) is 36.4 Å². The maximum atomic E-state index is 14.1. The van der Waals surface area contributed by atoms with E-state index in [0.29, 0.717) is 38.1 Å². The molecule has 1 unspecified atom stereocenters. The first-order valence-electron chi connectivity index (χ1n) is 12.7. The number of pyridine rings is 1. The van der Waals surface area contributed by atoms with E-state index in [4.69, 9.17) is 9.47 Å². The fraction of sp³-hybridized carbons (Fsp3) is 0.321. The Labute approximate surface area is 227 Å². The molecule has 210 valence electrons. The fourth-order valence-corrected chi connectivity index (χ4v) is 4.83. The standard InChI is InChI=1S/C28H27F3N4O5/c1-39-19-7-9-33-16-34(10-8-19)35-14-21(27(37)32-13-20-22(30)11-18(29)12-23(20)31)25(36)26(24(35)28(33)38)40-15-17-5-3-2-4-6-17/h2-6,11-12,14,19H,7-10,13,15-16H2,1H3,(H,32,37). The van der Waals surface area contributed by atoms with E-state index in [1.165, 1.54) is 10.9 Å². The van der Waals surface area contributed by atoms with E-state index in [2.05, 4.69) is 5.32 Å². The number of nitrogens with zero attached hydrogens (tertiary/aromatic N) is 3. The van der Waals surface area contributed by atoms with E-state index in [1.807, 2.05) is 6.07 Å². The summed E-state index contributed by atoms with van der Waals surface area (Å²) in [6.45, 7) is 0.389. The third-order valence-corrected chi connectivity index (χ3v) is 7.04. The van der Waals surface area contributed by atoms with Gasteiger partial charge >= 0.3 is 0 Å². The Balaban J connectivity index is 1.53. The zero-order valence-electron chi connectivity index (χ0n) is 21.7. The van der Waals surface area contributed by atoms with Crippen LogP contribution in [0.15, 0.2) is 53.5 Å². The highest BCUT2D eigenvalue weighted by Crippen LogP contribution is 2.26. The molecule has 9 nitrogen and oxygen atoms in total. The van der Waals surface area contributed by atoms with Gasteiger partial charge in [0, 0.05) is 50.6 Å². The number of hydrogen-bond acceptors (Lipinski definition) is 6. The molecular formula is C28H27F3N4O5. The minimum Gasteiger partial charge on any atom is -0.482 e. The number of carbonyl (C=O) groups excluding carboxylic acids is 2. The van der Waals surface area contributed by atoms with E-state index < -0.39 is 46.8 Å². The number of carbonyl (C=O) groups is 2. The molecule has 2 aliphatic rings. The largest absolute Gasteiger partial charge is 0.482 e. The average molecular weight is 557 g/mol. The summed E-state index contributed by atoms with van der Waals surface area (Å²) < 4.78 is 54.4. The molecule has 2 amide bonds. The molecule has 2 aliphatic heterocycles. The summed E-state index contributed by atoms with van der Waals surface area (Å²) in [4.78, 5) is 42.0. The summed E-state index contributed by atoms with van der Waals surface area (Å²) >= 11 is 0. The quantitative estimate of drug-likeness (QED) is 0.481. The molecular weight excluding hydrogens is 529 g/mol. The third-order valence-electron chi connectivity index (χ3n) is 7.04. The summed E-state index contributed by atoms with van der Waals surface area (Å²) in [6, 6.07) is 9.99. The van der Waals surface area contributed by atoms with Crippen molar-refractivity contribution < 1.29 is 32.2 Å². The molecule has 3 aromatic rings. The zero-order valence-corrected chi connectivity index (χ0v) is 21.7. The van der Waals surface area contributed by atoms with Crippen molar-refractivity contribution in [2.24, 2.45) is 0 Å². The van der Waals surface area contributed by atoms with E-state index in [9.17, 15) is 27.6 Å². The lowest BCUT2D eigenvalue weighted by molar-refractivity contribution is 0.0471. The number of rotatable bonds is 7. The van der Waals surface area contributed by atoms with Crippen molar-refractivity contribution in [3.63, 3.8) is 0 Å². The molecule has 1 saturated heterocycles. The number of halogens is 3. The van der Waals surface area contributed by atoms with Gasteiger partial charge in [-0.3, -0.25) is 24.1 Å². The number of hydrogen-bond donors (Lipinski definition) is 1. The van der Waals surface area contributed by atoms with Crippen LogP contribution in [0.2, 0.25) is 0 Å². The first-order chi connectivity index (χ1) is 19.3. The van der Waals surface area contributed by atoms with Crippen molar-refractivity contribution in [1.29, 1.82) is 0 Å². The molecule has 12 heteroatoms. The highest BCUT2D eigenvalue weighted by molar-refractivity contribution is 5.99. The molecule has 1 fully saturated rings. The van der Waals surface area contributed by atoms with Crippen LogP contribution >= 0.6 is 0 Å². The summed E-state index contributed by atoms with van der Waals surface area (Å²) in [5.41, 5.74) is -1.08. The van der Waals surface area contributed by atoms with Gasteiger partial charge < -0.3 is 19.7 Å². The molecule has 2 bridgehead atoms. The lowest BCUT2D eigenvalue weighted by atomic mass is 10.1. The number of benzene rings is 2.